The van der Waals surface area contributed by atoms with Crippen LogP contribution in [0.15, 0.2) is 43.0 Å². The van der Waals surface area contributed by atoms with Gasteiger partial charge in [-0.05, 0) is 25.8 Å². The van der Waals surface area contributed by atoms with Gasteiger partial charge in [0.25, 0.3) is 0 Å². The van der Waals surface area contributed by atoms with E-state index in [0.717, 1.165) is 5.56 Å². The Labute approximate surface area is 108 Å². The Morgan fingerprint density at radius 2 is 2.11 bits per heavy atom. The maximum atomic E-state index is 11.3. The number of carbonyl (C=O) groups excluding carboxylic acids is 1. The molecule has 0 fully saturated rings. The fourth-order valence-corrected chi connectivity index (χ4v) is 1.69. The fourth-order valence-electron chi connectivity index (χ4n) is 1.69. The summed E-state index contributed by atoms with van der Waals surface area (Å²) in [5.74, 6) is 0. The molecule has 4 nitrogen and oxygen atoms in total. The molecule has 1 aromatic rings. The van der Waals surface area contributed by atoms with Crippen LogP contribution in [0, 0.1) is 0 Å². The number of hydrogen-bond acceptors (Lipinski definition) is 3. The van der Waals surface area contributed by atoms with Crippen molar-refractivity contribution in [3.63, 3.8) is 0 Å². The molecule has 1 rings (SSSR count). The van der Waals surface area contributed by atoms with Crippen molar-refractivity contribution in [2.45, 2.75) is 25.8 Å². The van der Waals surface area contributed by atoms with Crippen molar-refractivity contribution in [1.82, 2.24) is 10.9 Å². The zero-order chi connectivity index (χ0) is 13.4. The lowest BCUT2D eigenvalue weighted by Gasteiger charge is -2.30. The number of carbonyl (C=O) groups is 1. The van der Waals surface area contributed by atoms with Crippen LogP contribution in [0.1, 0.15) is 25.8 Å². The van der Waals surface area contributed by atoms with Crippen LogP contribution in [-0.4, -0.2) is 12.7 Å². The van der Waals surface area contributed by atoms with Crippen molar-refractivity contribution in [2.75, 3.05) is 6.61 Å². The summed E-state index contributed by atoms with van der Waals surface area (Å²) in [6, 6.07) is 9.88. The van der Waals surface area contributed by atoms with E-state index in [2.05, 4.69) is 17.4 Å². The van der Waals surface area contributed by atoms with E-state index >= 15 is 0 Å². The fraction of sp³-hybridized carbons (Fsp3) is 0.357. The molecule has 0 heterocycles. The molecule has 0 spiro atoms. The molecule has 0 bridgehead atoms. The Bertz CT molecular complexity index is 392. The first-order valence-corrected chi connectivity index (χ1v) is 5.98. The first-order valence-electron chi connectivity index (χ1n) is 5.98. The number of hydrogen-bond donors (Lipinski definition) is 2. The highest BCUT2D eigenvalue weighted by molar-refractivity contribution is 5.66. The van der Waals surface area contributed by atoms with E-state index in [0.29, 0.717) is 13.0 Å². The molecule has 2 N–H and O–H groups in total. The third kappa shape index (κ3) is 3.89. The zero-order valence-corrected chi connectivity index (χ0v) is 10.9. The smallest absolute Gasteiger partial charge is 0.421 e. The van der Waals surface area contributed by atoms with Gasteiger partial charge in [-0.15, -0.1) is 6.58 Å². The van der Waals surface area contributed by atoms with Crippen molar-refractivity contribution in [3.8, 4) is 0 Å². The lowest BCUT2D eigenvalue weighted by Crippen LogP contribution is -2.50. The molecule has 0 aliphatic carbocycles. The van der Waals surface area contributed by atoms with E-state index in [9.17, 15) is 4.79 Å². The molecule has 4 heteroatoms. The maximum absolute atomic E-state index is 11.3. The first-order chi connectivity index (χ1) is 8.62. The van der Waals surface area contributed by atoms with Gasteiger partial charge < -0.3 is 4.74 Å². The number of amides is 1. The number of rotatable bonds is 6. The average Bonchev–Trinajstić information content (AvgIpc) is 2.38. The van der Waals surface area contributed by atoms with Crippen LogP contribution in [0.3, 0.4) is 0 Å². The molecule has 0 saturated heterocycles. The number of ether oxygens (including phenoxy) is 1. The highest BCUT2D eigenvalue weighted by Crippen LogP contribution is 2.23. The van der Waals surface area contributed by atoms with E-state index < -0.39 is 11.6 Å². The van der Waals surface area contributed by atoms with Gasteiger partial charge in [0, 0.05) is 0 Å². The first kappa shape index (κ1) is 14.3. The van der Waals surface area contributed by atoms with Crippen molar-refractivity contribution < 1.29 is 9.53 Å². The van der Waals surface area contributed by atoms with Crippen LogP contribution in [0.4, 0.5) is 4.79 Å². The molecule has 18 heavy (non-hydrogen) atoms. The molecule has 0 aliphatic rings. The summed E-state index contributed by atoms with van der Waals surface area (Å²) >= 11 is 0. The minimum atomic E-state index is -0.483. The molecule has 1 atom stereocenters. The number of nitrogens with one attached hydrogen (secondary N) is 2. The summed E-state index contributed by atoms with van der Waals surface area (Å²) in [5, 5.41) is 0. The SMILES string of the molecule is C=CCC(C)(NNC(=O)OCC)c1ccccc1. The van der Waals surface area contributed by atoms with Crippen LogP contribution in [-0.2, 0) is 10.3 Å². The highest BCUT2D eigenvalue weighted by Gasteiger charge is 2.25. The van der Waals surface area contributed by atoms with Gasteiger partial charge in [-0.25, -0.2) is 10.2 Å². The average molecular weight is 248 g/mol. The molecule has 1 unspecified atom stereocenters. The van der Waals surface area contributed by atoms with E-state index in [1.54, 1.807) is 6.92 Å². The zero-order valence-electron chi connectivity index (χ0n) is 10.9. The van der Waals surface area contributed by atoms with Gasteiger partial charge in [0.05, 0.1) is 12.1 Å². The van der Waals surface area contributed by atoms with Gasteiger partial charge in [-0.2, -0.15) is 0 Å². The highest BCUT2D eigenvalue weighted by atomic mass is 16.5. The topological polar surface area (TPSA) is 50.4 Å². The molecular formula is C14H20N2O2. The third-order valence-electron chi connectivity index (χ3n) is 2.68. The van der Waals surface area contributed by atoms with Gasteiger partial charge >= 0.3 is 6.09 Å². The van der Waals surface area contributed by atoms with Crippen LogP contribution in [0.2, 0.25) is 0 Å². The molecule has 1 aromatic carbocycles. The number of hydrazine groups is 1. The Morgan fingerprint density at radius 3 is 2.67 bits per heavy atom. The molecular weight excluding hydrogens is 228 g/mol. The maximum Gasteiger partial charge on any atom is 0.421 e. The molecule has 0 saturated carbocycles. The van der Waals surface area contributed by atoms with Crippen molar-refractivity contribution in [3.05, 3.63) is 48.6 Å². The molecule has 0 aromatic heterocycles. The summed E-state index contributed by atoms with van der Waals surface area (Å²) in [7, 11) is 0. The summed E-state index contributed by atoms with van der Waals surface area (Å²) in [6.07, 6.45) is 2.01. The monoisotopic (exact) mass is 248 g/mol. The van der Waals surface area contributed by atoms with Crippen LogP contribution >= 0.6 is 0 Å². The molecule has 98 valence electrons. The minimum Gasteiger partial charge on any atom is -0.449 e. The van der Waals surface area contributed by atoms with Gasteiger partial charge in [0.2, 0.25) is 0 Å². The van der Waals surface area contributed by atoms with Gasteiger partial charge in [0.15, 0.2) is 0 Å². The van der Waals surface area contributed by atoms with Crippen molar-refractivity contribution >= 4 is 6.09 Å². The normalized spacial score (nSPS) is 13.4. The second kappa shape index (κ2) is 6.81. The van der Waals surface area contributed by atoms with Crippen LogP contribution in [0.5, 0.6) is 0 Å². The van der Waals surface area contributed by atoms with E-state index in [1.165, 1.54) is 0 Å². The molecule has 0 radical (unpaired) electrons. The summed E-state index contributed by atoms with van der Waals surface area (Å²) < 4.78 is 4.81. The van der Waals surface area contributed by atoms with Gasteiger partial charge in [0.1, 0.15) is 0 Å². The summed E-state index contributed by atoms with van der Waals surface area (Å²) in [6.45, 7) is 7.85. The molecule has 1 amide bonds. The standard InChI is InChI=1S/C14H20N2O2/c1-4-11-14(3,12-9-7-6-8-10-12)16-15-13(17)18-5-2/h4,6-10,16H,1,5,11H2,2-3H3,(H,15,17). The van der Waals surface area contributed by atoms with E-state index in [4.69, 9.17) is 4.74 Å². The van der Waals surface area contributed by atoms with E-state index in [-0.39, 0.29) is 0 Å². The largest absolute Gasteiger partial charge is 0.449 e. The van der Waals surface area contributed by atoms with E-state index in [1.807, 2.05) is 43.3 Å². The summed E-state index contributed by atoms with van der Waals surface area (Å²) in [4.78, 5) is 11.3. The van der Waals surface area contributed by atoms with Gasteiger partial charge in [-0.3, -0.25) is 5.43 Å². The summed E-state index contributed by atoms with van der Waals surface area (Å²) in [5.41, 5.74) is 6.21. The predicted molar refractivity (Wildman–Crippen MR) is 71.9 cm³/mol. The second-order valence-corrected chi connectivity index (χ2v) is 4.16. The number of benzene rings is 1. The third-order valence-corrected chi connectivity index (χ3v) is 2.68. The Hall–Kier alpha value is -1.81. The Balaban J connectivity index is 2.75. The van der Waals surface area contributed by atoms with Crippen LogP contribution < -0.4 is 10.9 Å². The second-order valence-electron chi connectivity index (χ2n) is 4.16. The Kier molecular flexibility index (Phi) is 5.39. The van der Waals surface area contributed by atoms with Crippen LogP contribution in [0.25, 0.3) is 0 Å². The lowest BCUT2D eigenvalue weighted by molar-refractivity contribution is 0.139. The Morgan fingerprint density at radius 1 is 1.44 bits per heavy atom. The molecule has 0 aliphatic heterocycles. The predicted octanol–water partition coefficient (Wildman–Crippen LogP) is 2.73. The van der Waals surface area contributed by atoms with Gasteiger partial charge in [-0.1, -0.05) is 36.4 Å². The lowest BCUT2D eigenvalue weighted by atomic mass is 9.89. The minimum absolute atomic E-state index is 0.344. The van der Waals surface area contributed by atoms with Crippen molar-refractivity contribution in [2.24, 2.45) is 0 Å². The quantitative estimate of drug-likeness (QED) is 0.601. The van der Waals surface area contributed by atoms with Crippen molar-refractivity contribution in [1.29, 1.82) is 0 Å².